The fourth-order valence-electron chi connectivity index (χ4n) is 1.46. The Labute approximate surface area is 98.3 Å². The van der Waals surface area contributed by atoms with Crippen molar-refractivity contribution >= 4 is 28.5 Å². The van der Waals surface area contributed by atoms with E-state index in [1.54, 1.807) is 17.8 Å². The SMILES string of the molecule is Nc1cccc(CC(=O)NC2=NCCS2)c1. The van der Waals surface area contributed by atoms with E-state index >= 15 is 0 Å². The molecule has 0 saturated carbocycles. The van der Waals surface area contributed by atoms with Gasteiger partial charge >= 0.3 is 0 Å². The fraction of sp³-hybridized carbons (Fsp3) is 0.273. The van der Waals surface area contributed by atoms with E-state index in [9.17, 15) is 4.79 Å². The van der Waals surface area contributed by atoms with Gasteiger partial charge in [-0.3, -0.25) is 9.79 Å². The van der Waals surface area contributed by atoms with Crippen LogP contribution < -0.4 is 11.1 Å². The second kappa shape index (κ2) is 5.03. The highest BCUT2D eigenvalue weighted by Crippen LogP contribution is 2.10. The van der Waals surface area contributed by atoms with Crippen LogP contribution in [-0.4, -0.2) is 23.4 Å². The Bertz CT molecular complexity index is 431. The summed E-state index contributed by atoms with van der Waals surface area (Å²) in [5, 5.41) is 3.51. The third-order valence-electron chi connectivity index (χ3n) is 2.15. The first-order valence-corrected chi connectivity index (χ1v) is 6.04. The van der Waals surface area contributed by atoms with Crippen LogP contribution in [0.1, 0.15) is 5.56 Å². The Morgan fingerprint density at radius 3 is 3.12 bits per heavy atom. The number of thioether (sulfide) groups is 1. The van der Waals surface area contributed by atoms with Gasteiger partial charge in [-0.1, -0.05) is 23.9 Å². The fourth-order valence-corrected chi connectivity index (χ4v) is 2.21. The molecule has 84 valence electrons. The van der Waals surface area contributed by atoms with Crippen molar-refractivity contribution < 1.29 is 4.79 Å². The summed E-state index contributed by atoms with van der Waals surface area (Å²) in [6.45, 7) is 0.790. The first kappa shape index (κ1) is 11.0. The molecule has 0 saturated heterocycles. The van der Waals surface area contributed by atoms with Gasteiger partial charge in [0, 0.05) is 11.4 Å². The molecular weight excluding hydrogens is 222 g/mol. The average Bonchev–Trinajstić information content (AvgIpc) is 2.70. The molecule has 0 bridgehead atoms. The largest absolute Gasteiger partial charge is 0.399 e. The molecule has 2 rings (SSSR count). The molecule has 0 fully saturated rings. The number of hydrogen-bond donors (Lipinski definition) is 2. The molecule has 1 aromatic carbocycles. The number of nitrogens with one attached hydrogen (secondary N) is 1. The zero-order chi connectivity index (χ0) is 11.4. The molecule has 1 aliphatic heterocycles. The Morgan fingerprint density at radius 2 is 2.44 bits per heavy atom. The predicted molar refractivity (Wildman–Crippen MR) is 67.5 cm³/mol. The lowest BCUT2D eigenvalue weighted by Crippen LogP contribution is -2.28. The van der Waals surface area contributed by atoms with Crippen molar-refractivity contribution in [3.8, 4) is 0 Å². The predicted octanol–water partition coefficient (Wildman–Crippen LogP) is 1.03. The number of nitrogens with two attached hydrogens (primary N) is 1. The van der Waals surface area contributed by atoms with Crippen molar-refractivity contribution in [2.24, 2.45) is 4.99 Å². The second-order valence-corrected chi connectivity index (χ2v) is 4.59. The number of carbonyl (C=O) groups is 1. The summed E-state index contributed by atoms with van der Waals surface area (Å²) in [6, 6.07) is 7.35. The molecular formula is C11H13N3OS. The lowest BCUT2D eigenvalue weighted by atomic mass is 10.1. The van der Waals surface area contributed by atoms with E-state index in [0.29, 0.717) is 12.1 Å². The number of rotatable bonds is 2. The monoisotopic (exact) mass is 235 g/mol. The third kappa shape index (κ3) is 3.00. The van der Waals surface area contributed by atoms with Gasteiger partial charge in [-0.05, 0) is 17.7 Å². The topological polar surface area (TPSA) is 67.5 Å². The number of hydrogen-bond acceptors (Lipinski definition) is 4. The van der Waals surface area contributed by atoms with Gasteiger partial charge in [-0.25, -0.2) is 0 Å². The van der Waals surface area contributed by atoms with Crippen LogP contribution in [0.3, 0.4) is 0 Å². The van der Waals surface area contributed by atoms with E-state index in [4.69, 9.17) is 5.73 Å². The minimum Gasteiger partial charge on any atom is -0.399 e. The van der Waals surface area contributed by atoms with Crippen LogP contribution in [0.25, 0.3) is 0 Å². The molecule has 0 unspecified atom stereocenters. The molecule has 1 amide bonds. The average molecular weight is 235 g/mol. The summed E-state index contributed by atoms with van der Waals surface area (Å²) in [7, 11) is 0. The molecule has 5 heteroatoms. The smallest absolute Gasteiger partial charge is 0.230 e. The molecule has 1 aromatic rings. The van der Waals surface area contributed by atoms with Gasteiger partial charge in [-0.2, -0.15) is 0 Å². The zero-order valence-electron chi connectivity index (χ0n) is 8.77. The van der Waals surface area contributed by atoms with Gasteiger partial charge in [0.2, 0.25) is 5.91 Å². The minimum atomic E-state index is -0.0428. The van der Waals surface area contributed by atoms with Gasteiger partial charge in [0.25, 0.3) is 0 Å². The van der Waals surface area contributed by atoms with Crippen LogP contribution in [0.15, 0.2) is 29.3 Å². The Hall–Kier alpha value is -1.49. The van der Waals surface area contributed by atoms with Crippen LogP contribution in [0.2, 0.25) is 0 Å². The van der Waals surface area contributed by atoms with Crippen molar-refractivity contribution in [2.45, 2.75) is 6.42 Å². The normalized spacial score (nSPS) is 14.6. The van der Waals surface area contributed by atoms with Gasteiger partial charge in [0.1, 0.15) is 0 Å². The number of nitrogen functional groups attached to an aromatic ring is 1. The lowest BCUT2D eigenvalue weighted by Gasteiger charge is -2.04. The molecule has 0 aromatic heterocycles. The van der Waals surface area contributed by atoms with Crippen LogP contribution in [0.5, 0.6) is 0 Å². The highest BCUT2D eigenvalue weighted by molar-refractivity contribution is 8.14. The standard InChI is InChI=1S/C11H13N3OS/c12-9-3-1-2-8(6-9)7-10(15)14-11-13-4-5-16-11/h1-3,6H,4-5,7,12H2,(H,13,14,15). The van der Waals surface area contributed by atoms with E-state index in [-0.39, 0.29) is 5.91 Å². The zero-order valence-corrected chi connectivity index (χ0v) is 9.59. The third-order valence-corrected chi connectivity index (χ3v) is 3.04. The highest BCUT2D eigenvalue weighted by atomic mass is 32.2. The molecule has 1 heterocycles. The molecule has 4 nitrogen and oxygen atoms in total. The van der Waals surface area contributed by atoms with E-state index in [1.165, 1.54) is 0 Å². The summed E-state index contributed by atoms with van der Waals surface area (Å²) in [5.41, 5.74) is 7.23. The number of nitrogens with zero attached hydrogens (tertiary/aromatic N) is 1. The number of aliphatic imine (C=N–C) groups is 1. The molecule has 0 aliphatic carbocycles. The molecule has 0 atom stereocenters. The minimum absolute atomic E-state index is 0.0428. The van der Waals surface area contributed by atoms with Crippen LogP contribution in [0.4, 0.5) is 5.69 Å². The number of amidine groups is 1. The van der Waals surface area contributed by atoms with Gasteiger partial charge < -0.3 is 11.1 Å². The van der Waals surface area contributed by atoms with Crippen LogP contribution >= 0.6 is 11.8 Å². The summed E-state index contributed by atoms with van der Waals surface area (Å²) in [6.07, 6.45) is 0.338. The van der Waals surface area contributed by atoms with Crippen molar-refractivity contribution in [3.05, 3.63) is 29.8 Å². The van der Waals surface area contributed by atoms with Gasteiger partial charge in [0.15, 0.2) is 5.17 Å². The van der Waals surface area contributed by atoms with E-state index < -0.39 is 0 Å². The van der Waals surface area contributed by atoms with Crippen molar-refractivity contribution in [3.63, 3.8) is 0 Å². The Kier molecular flexibility index (Phi) is 3.46. The molecule has 0 radical (unpaired) electrons. The van der Waals surface area contributed by atoms with E-state index in [0.717, 1.165) is 23.0 Å². The first-order valence-electron chi connectivity index (χ1n) is 5.05. The maximum Gasteiger partial charge on any atom is 0.230 e. The van der Waals surface area contributed by atoms with E-state index in [1.807, 2.05) is 18.2 Å². The Morgan fingerprint density at radius 1 is 1.56 bits per heavy atom. The van der Waals surface area contributed by atoms with Crippen molar-refractivity contribution in [2.75, 3.05) is 18.0 Å². The number of anilines is 1. The summed E-state index contributed by atoms with van der Waals surface area (Å²) >= 11 is 1.58. The maximum atomic E-state index is 11.6. The Balaban J connectivity index is 1.91. The number of amides is 1. The first-order chi connectivity index (χ1) is 7.74. The quantitative estimate of drug-likeness (QED) is 0.752. The molecule has 3 N–H and O–H groups in total. The highest BCUT2D eigenvalue weighted by Gasteiger charge is 2.11. The molecule has 0 spiro atoms. The summed E-state index contributed by atoms with van der Waals surface area (Å²) in [4.78, 5) is 15.8. The molecule has 16 heavy (non-hydrogen) atoms. The summed E-state index contributed by atoms with van der Waals surface area (Å²) < 4.78 is 0. The number of carbonyl (C=O) groups excluding carboxylic acids is 1. The van der Waals surface area contributed by atoms with E-state index in [2.05, 4.69) is 10.3 Å². The maximum absolute atomic E-state index is 11.6. The van der Waals surface area contributed by atoms with Gasteiger partial charge in [-0.15, -0.1) is 0 Å². The van der Waals surface area contributed by atoms with Crippen LogP contribution in [0, 0.1) is 0 Å². The lowest BCUT2D eigenvalue weighted by molar-refractivity contribution is -0.119. The summed E-state index contributed by atoms with van der Waals surface area (Å²) in [5.74, 6) is 0.909. The van der Waals surface area contributed by atoms with Gasteiger partial charge in [0.05, 0.1) is 13.0 Å². The second-order valence-electron chi connectivity index (χ2n) is 3.51. The van der Waals surface area contributed by atoms with Crippen molar-refractivity contribution in [1.29, 1.82) is 0 Å². The molecule has 1 aliphatic rings. The number of benzene rings is 1. The van der Waals surface area contributed by atoms with Crippen molar-refractivity contribution in [1.82, 2.24) is 5.32 Å². The van der Waals surface area contributed by atoms with Crippen LogP contribution in [-0.2, 0) is 11.2 Å².